The van der Waals surface area contributed by atoms with Gasteiger partial charge in [-0.25, -0.2) is 0 Å². The van der Waals surface area contributed by atoms with E-state index in [-0.39, 0.29) is 18.0 Å². The maximum atomic E-state index is 6.04. The van der Waals surface area contributed by atoms with Crippen molar-refractivity contribution in [3.63, 3.8) is 0 Å². The van der Waals surface area contributed by atoms with Crippen LogP contribution in [0.5, 0.6) is 12.0 Å². The fraction of sp³-hybridized carbons (Fsp3) is 0.182. The van der Waals surface area contributed by atoms with Gasteiger partial charge in [0, 0.05) is 5.69 Å². The van der Waals surface area contributed by atoms with E-state index < -0.39 is 0 Å². The molecule has 2 aromatic rings. The maximum absolute atomic E-state index is 6.04. The second kappa shape index (κ2) is 5.57. The molecule has 0 aliphatic heterocycles. The van der Waals surface area contributed by atoms with Crippen LogP contribution in [-0.2, 0) is 0 Å². The molecule has 3 N–H and O–H groups in total. The zero-order valence-electron chi connectivity index (χ0n) is 10.3. The summed E-state index contributed by atoms with van der Waals surface area (Å²) >= 11 is 6.04. The minimum absolute atomic E-state index is 0.134. The highest BCUT2D eigenvalue weighted by atomic mass is 35.5. The number of rotatable bonds is 4. The van der Waals surface area contributed by atoms with Crippen molar-refractivity contribution in [3.05, 3.63) is 23.2 Å². The molecule has 0 atom stereocenters. The zero-order valence-corrected chi connectivity index (χ0v) is 11.1. The van der Waals surface area contributed by atoms with Gasteiger partial charge in [-0.05, 0) is 18.2 Å². The minimum Gasteiger partial charge on any atom is -0.467 e. The number of benzene rings is 1. The number of halogens is 1. The van der Waals surface area contributed by atoms with Gasteiger partial charge in [0.25, 0.3) is 0 Å². The van der Waals surface area contributed by atoms with Gasteiger partial charge in [-0.3, -0.25) is 0 Å². The van der Waals surface area contributed by atoms with E-state index in [1.807, 2.05) is 0 Å². The lowest BCUT2D eigenvalue weighted by molar-refractivity contribution is 0.341. The number of hydrogen-bond donors (Lipinski definition) is 2. The molecule has 0 saturated carbocycles. The number of anilines is 3. The summed E-state index contributed by atoms with van der Waals surface area (Å²) < 4.78 is 9.90. The van der Waals surface area contributed by atoms with Crippen LogP contribution in [0.15, 0.2) is 18.2 Å². The van der Waals surface area contributed by atoms with E-state index in [1.165, 1.54) is 14.2 Å². The van der Waals surface area contributed by atoms with Crippen LogP contribution >= 0.6 is 11.6 Å². The molecule has 7 nitrogen and oxygen atoms in total. The van der Waals surface area contributed by atoms with Crippen LogP contribution in [-0.4, -0.2) is 29.2 Å². The molecule has 0 fully saturated rings. The van der Waals surface area contributed by atoms with Gasteiger partial charge in [-0.15, -0.1) is 4.98 Å². The molecule has 100 valence electrons. The highest BCUT2D eigenvalue weighted by molar-refractivity contribution is 6.33. The summed E-state index contributed by atoms with van der Waals surface area (Å²) in [4.78, 5) is 11.9. The maximum Gasteiger partial charge on any atom is 0.324 e. The molecule has 0 bridgehead atoms. The Morgan fingerprint density at radius 2 is 1.74 bits per heavy atom. The topological polar surface area (TPSA) is 95.2 Å². The van der Waals surface area contributed by atoms with Gasteiger partial charge in [-0.1, -0.05) is 11.6 Å². The fourth-order valence-electron chi connectivity index (χ4n) is 1.34. The third-order valence-electron chi connectivity index (χ3n) is 2.20. The Kier molecular flexibility index (Phi) is 3.86. The van der Waals surface area contributed by atoms with Gasteiger partial charge < -0.3 is 20.5 Å². The summed E-state index contributed by atoms with van der Waals surface area (Å²) in [6.07, 6.45) is 0. The van der Waals surface area contributed by atoms with E-state index in [2.05, 4.69) is 20.3 Å². The fourth-order valence-corrected chi connectivity index (χ4v) is 1.50. The molecule has 19 heavy (non-hydrogen) atoms. The first kappa shape index (κ1) is 13.2. The van der Waals surface area contributed by atoms with Gasteiger partial charge >= 0.3 is 12.0 Å². The number of nitrogens with zero attached hydrogens (tertiary/aromatic N) is 3. The summed E-state index contributed by atoms with van der Waals surface area (Å²) in [6, 6.07) is 5.31. The molecule has 0 unspecified atom stereocenters. The van der Waals surface area contributed by atoms with Crippen molar-refractivity contribution in [3.8, 4) is 12.0 Å². The van der Waals surface area contributed by atoms with Gasteiger partial charge in [0.1, 0.15) is 0 Å². The Hall–Kier alpha value is -2.28. The summed E-state index contributed by atoms with van der Waals surface area (Å²) in [5.41, 5.74) is 6.84. The van der Waals surface area contributed by atoms with Crippen molar-refractivity contribution in [2.75, 3.05) is 25.3 Å². The Morgan fingerprint density at radius 3 is 2.32 bits per heavy atom. The molecule has 0 amide bonds. The number of aromatic nitrogens is 3. The van der Waals surface area contributed by atoms with E-state index in [0.29, 0.717) is 16.4 Å². The molecule has 1 heterocycles. The van der Waals surface area contributed by atoms with Crippen molar-refractivity contribution in [1.29, 1.82) is 0 Å². The molecular weight excluding hydrogens is 270 g/mol. The molecule has 1 aromatic heterocycles. The Morgan fingerprint density at radius 1 is 1.11 bits per heavy atom. The lowest BCUT2D eigenvalue weighted by Gasteiger charge is -2.09. The summed E-state index contributed by atoms with van der Waals surface area (Å²) in [7, 11) is 2.90. The second-order valence-electron chi connectivity index (χ2n) is 3.50. The third kappa shape index (κ3) is 3.14. The molecule has 0 aliphatic carbocycles. The van der Waals surface area contributed by atoms with Crippen molar-refractivity contribution in [2.45, 2.75) is 0 Å². The number of methoxy groups -OCH3 is 2. The average molecular weight is 282 g/mol. The van der Waals surface area contributed by atoms with E-state index >= 15 is 0 Å². The standard InChI is InChI=1S/C11H12ClN5O2/c1-18-10-15-9(16-11(17-10)19-2)14-8-5-6(13)3-4-7(8)12/h3-5H,13H2,1-2H3,(H,14,15,16,17). The first-order chi connectivity index (χ1) is 9.12. The molecule has 2 rings (SSSR count). The number of nitrogen functional groups attached to an aromatic ring is 1. The van der Waals surface area contributed by atoms with Crippen LogP contribution in [0.4, 0.5) is 17.3 Å². The monoisotopic (exact) mass is 281 g/mol. The number of ether oxygens (including phenoxy) is 2. The van der Waals surface area contributed by atoms with Crippen LogP contribution in [0.1, 0.15) is 0 Å². The van der Waals surface area contributed by atoms with Crippen LogP contribution in [0.25, 0.3) is 0 Å². The smallest absolute Gasteiger partial charge is 0.324 e. The lowest BCUT2D eigenvalue weighted by atomic mass is 10.3. The van der Waals surface area contributed by atoms with E-state index in [9.17, 15) is 0 Å². The molecular formula is C11H12ClN5O2. The predicted octanol–water partition coefficient (Wildman–Crippen LogP) is 1.87. The van der Waals surface area contributed by atoms with Crippen LogP contribution in [0.2, 0.25) is 5.02 Å². The molecule has 0 radical (unpaired) electrons. The highest BCUT2D eigenvalue weighted by Crippen LogP contribution is 2.27. The molecule has 8 heteroatoms. The van der Waals surface area contributed by atoms with Crippen molar-refractivity contribution >= 4 is 28.9 Å². The Balaban J connectivity index is 2.34. The van der Waals surface area contributed by atoms with Gasteiger partial charge in [-0.2, -0.15) is 9.97 Å². The van der Waals surface area contributed by atoms with Crippen molar-refractivity contribution in [1.82, 2.24) is 15.0 Å². The first-order valence-electron chi connectivity index (χ1n) is 5.28. The molecule has 0 spiro atoms. The van der Waals surface area contributed by atoms with Gasteiger partial charge in [0.05, 0.1) is 24.9 Å². The van der Waals surface area contributed by atoms with Crippen LogP contribution < -0.4 is 20.5 Å². The van der Waals surface area contributed by atoms with Crippen LogP contribution in [0, 0.1) is 0 Å². The van der Waals surface area contributed by atoms with E-state index in [1.54, 1.807) is 18.2 Å². The van der Waals surface area contributed by atoms with Gasteiger partial charge in [0.15, 0.2) is 0 Å². The largest absolute Gasteiger partial charge is 0.467 e. The summed E-state index contributed by atoms with van der Waals surface area (Å²) in [5, 5.41) is 3.42. The SMILES string of the molecule is COc1nc(Nc2cc(N)ccc2Cl)nc(OC)n1. The normalized spacial score (nSPS) is 10.1. The molecule has 0 saturated heterocycles. The quantitative estimate of drug-likeness (QED) is 0.826. The number of nitrogens with two attached hydrogens (primary N) is 1. The van der Waals surface area contributed by atoms with Crippen molar-refractivity contribution in [2.24, 2.45) is 0 Å². The van der Waals surface area contributed by atoms with Gasteiger partial charge in [0.2, 0.25) is 5.95 Å². The molecule has 0 aliphatic rings. The minimum atomic E-state index is 0.134. The average Bonchev–Trinajstić information content (AvgIpc) is 2.42. The number of nitrogens with one attached hydrogen (secondary N) is 1. The highest BCUT2D eigenvalue weighted by Gasteiger charge is 2.09. The Labute approximate surface area is 114 Å². The summed E-state index contributed by atoms with van der Waals surface area (Å²) in [6.45, 7) is 0. The lowest BCUT2D eigenvalue weighted by Crippen LogP contribution is -2.04. The van der Waals surface area contributed by atoms with Crippen molar-refractivity contribution < 1.29 is 9.47 Å². The number of hydrogen-bond acceptors (Lipinski definition) is 7. The Bertz CT molecular complexity index is 571. The third-order valence-corrected chi connectivity index (χ3v) is 2.53. The van der Waals surface area contributed by atoms with Crippen LogP contribution in [0.3, 0.4) is 0 Å². The first-order valence-corrected chi connectivity index (χ1v) is 5.66. The van der Waals surface area contributed by atoms with E-state index in [0.717, 1.165) is 0 Å². The second-order valence-corrected chi connectivity index (χ2v) is 3.90. The van der Waals surface area contributed by atoms with E-state index in [4.69, 9.17) is 26.8 Å². The zero-order chi connectivity index (χ0) is 13.8. The predicted molar refractivity (Wildman–Crippen MR) is 72.1 cm³/mol. The summed E-state index contributed by atoms with van der Waals surface area (Å²) in [5.74, 6) is 0.246. The molecule has 1 aromatic carbocycles.